The number of rotatable bonds is 3. The number of aryl methyl sites for hydroxylation is 2. The second-order valence-corrected chi connectivity index (χ2v) is 7.35. The summed E-state index contributed by atoms with van der Waals surface area (Å²) in [6.07, 6.45) is 2.35. The average Bonchev–Trinajstić information content (AvgIpc) is 2.66. The smallest absolute Gasteiger partial charge is 0.165 e. The molecule has 26 heavy (non-hydrogen) atoms. The van der Waals surface area contributed by atoms with Crippen LogP contribution >= 0.6 is 0 Å². The third-order valence-corrected chi connectivity index (χ3v) is 5.68. The Morgan fingerprint density at radius 1 is 1.08 bits per heavy atom. The van der Waals surface area contributed by atoms with Crippen molar-refractivity contribution in [3.63, 3.8) is 0 Å². The van der Waals surface area contributed by atoms with Gasteiger partial charge < -0.3 is 19.5 Å². The summed E-state index contributed by atoms with van der Waals surface area (Å²) < 4.78 is 17.5. The van der Waals surface area contributed by atoms with Crippen molar-refractivity contribution in [1.29, 1.82) is 0 Å². The van der Waals surface area contributed by atoms with Gasteiger partial charge in [-0.1, -0.05) is 29.8 Å². The molecule has 0 saturated carbocycles. The van der Waals surface area contributed by atoms with E-state index in [1.807, 2.05) is 12.1 Å². The molecule has 0 radical (unpaired) electrons. The van der Waals surface area contributed by atoms with Gasteiger partial charge in [0.15, 0.2) is 11.5 Å². The summed E-state index contributed by atoms with van der Waals surface area (Å²) in [5, 5.41) is 3.82. The van der Waals surface area contributed by atoms with E-state index in [1.54, 1.807) is 14.2 Å². The van der Waals surface area contributed by atoms with E-state index >= 15 is 0 Å². The van der Waals surface area contributed by atoms with E-state index in [-0.39, 0.29) is 12.1 Å². The van der Waals surface area contributed by atoms with Crippen LogP contribution in [0.15, 0.2) is 30.3 Å². The number of anilines is 1. The van der Waals surface area contributed by atoms with Gasteiger partial charge in [-0.15, -0.1) is 0 Å². The lowest BCUT2D eigenvalue weighted by Gasteiger charge is -2.44. The van der Waals surface area contributed by atoms with Crippen molar-refractivity contribution < 1.29 is 14.2 Å². The fourth-order valence-electron chi connectivity index (χ4n) is 4.62. The number of benzene rings is 2. The van der Waals surface area contributed by atoms with Gasteiger partial charge in [0.1, 0.15) is 0 Å². The van der Waals surface area contributed by atoms with Crippen molar-refractivity contribution in [1.82, 2.24) is 0 Å². The van der Waals surface area contributed by atoms with Gasteiger partial charge in [-0.3, -0.25) is 0 Å². The molecule has 1 fully saturated rings. The van der Waals surface area contributed by atoms with Crippen molar-refractivity contribution in [2.24, 2.45) is 5.92 Å². The maximum atomic E-state index is 6.29. The molecular formula is C22H27NO3. The summed E-state index contributed by atoms with van der Waals surface area (Å²) in [5.74, 6) is 1.95. The summed E-state index contributed by atoms with van der Waals surface area (Å²) in [6.45, 7) is 5.15. The van der Waals surface area contributed by atoms with Crippen molar-refractivity contribution in [3.8, 4) is 11.5 Å². The van der Waals surface area contributed by atoms with E-state index in [1.165, 1.54) is 22.4 Å². The van der Waals surface area contributed by atoms with Crippen LogP contribution in [0.1, 0.15) is 47.2 Å². The predicted molar refractivity (Wildman–Crippen MR) is 103 cm³/mol. The highest BCUT2D eigenvalue weighted by atomic mass is 16.5. The average molecular weight is 353 g/mol. The van der Waals surface area contributed by atoms with E-state index in [4.69, 9.17) is 14.2 Å². The molecule has 0 aliphatic carbocycles. The minimum atomic E-state index is 0.125. The van der Waals surface area contributed by atoms with Gasteiger partial charge in [0.2, 0.25) is 0 Å². The fourth-order valence-corrected chi connectivity index (χ4v) is 4.62. The molecule has 4 heteroatoms. The van der Waals surface area contributed by atoms with Crippen LogP contribution in [-0.4, -0.2) is 20.8 Å². The van der Waals surface area contributed by atoms with Crippen molar-refractivity contribution in [2.45, 2.75) is 38.8 Å². The second-order valence-electron chi connectivity index (χ2n) is 7.35. The Labute approximate surface area is 155 Å². The number of nitrogens with one attached hydrogen (secondary N) is 1. The summed E-state index contributed by atoms with van der Waals surface area (Å²) in [5.41, 5.74) is 6.18. The molecule has 0 amide bonds. The number of methoxy groups -OCH3 is 2. The number of fused-ring (bicyclic) bond motifs is 3. The molecule has 4 rings (SSSR count). The molecule has 0 bridgehead atoms. The Bertz CT molecular complexity index is 817. The van der Waals surface area contributed by atoms with Gasteiger partial charge >= 0.3 is 0 Å². The molecule has 2 aromatic rings. The minimum Gasteiger partial charge on any atom is -0.493 e. The number of hydrogen-bond acceptors (Lipinski definition) is 4. The Hall–Kier alpha value is -2.20. The highest BCUT2D eigenvalue weighted by Gasteiger charge is 2.41. The molecule has 0 spiro atoms. The Kier molecular flexibility index (Phi) is 4.53. The molecule has 1 N–H and O–H groups in total. The Balaban J connectivity index is 1.85. The third kappa shape index (κ3) is 2.73. The lowest BCUT2D eigenvalue weighted by atomic mass is 9.76. The maximum Gasteiger partial charge on any atom is 0.165 e. The van der Waals surface area contributed by atoms with Crippen LogP contribution in [0.4, 0.5) is 5.69 Å². The van der Waals surface area contributed by atoms with Crippen molar-refractivity contribution in [3.05, 3.63) is 52.6 Å². The first-order chi connectivity index (χ1) is 12.6. The van der Waals surface area contributed by atoms with Crippen molar-refractivity contribution in [2.75, 3.05) is 26.1 Å². The highest BCUT2D eigenvalue weighted by molar-refractivity contribution is 5.64. The van der Waals surface area contributed by atoms with E-state index in [0.717, 1.165) is 36.5 Å². The second kappa shape index (κ2) is 6.84. The quantitative estimate of drug-likeness (QED) is 0.847. The molecule has 3 atom stereocenters. The summed E-state index contributed by atoms with van der Waals surface area (Å²) >= 11 is 0. The number of hydrogen-bond donors (Lipinski definition) is 1. The first-order valence-corrected chi connectivity index (χ1v) is 9.34. The van der Waals surface area contributed by atoms with Crippen LogP contribution in [0.2, 0.25) is 0 Å². The maximum absolute atomic E-state index is 6.29. The van der Waals surface area contributed by atoms with Gasteiger partial charge in [-0.2, -0.15) is 0 Å². The van der Waals surface area contributed by atoms with Crippen LogP contribution in [0.3, 0.4) is 0 Å². The molecule has 2 heterocycles. The minimum absolute atomic E-state index is 0.125. The number of ether oxygens (including phenoxy) is 3. The topological polar surface area (TPSA) is 39.7 Å². The van der Waals surface area contributed by atoms with Gasteiger partial charge in [0.05, 0.1) is 26.4 Å². The zero-order valence-corrected chi connectivity index (χ0v) is 16.0. The SMILES string of the molecule is COc1cccc([C@@H]2Nc3c(C)cc(C)cc3[C@H]3OCCC[C@H]32)c1OC. The van der Waals surface area contributed by atoms with E-state index in [0.29, 0.717) is 5.92 Å². The molecule has 2 aromatic carbocycles. The molecule has 0 unspecified atom stereocenters. The molecule has 138 valence electrons. The molecule has 4 nitrogen and oxygen atoms in total. The van der Waals surface area contributed by atoms with Gasteiger partial charge in [-0.25, -0.2) is 0 Å². The molecule has 0 aromatic heterocycles. The standard InChI is InChI=1S/C22H27NO3/c1-13-11-14(2)19-17(12-13)21-15(8-6-10-26-21)20(23-19)16-7-5-9-18(24-3)22(16)25-4/h5,7,9,11-12,15,20-21,23H,6,8,10H2,1-4H3/t15-,20+,21-/m0/s1. The van der Waals surface area contributed by atoms with E-state index < -0.39 is 0 Å². The largest absolute Gasteiger partial charge is 0.493 e. The summed E-state index contributed by atoms with van der Waals surface area (Å²) in [7, 11) is 3.40. The first kappa shape index (κ1) is 17.2. The normalized spacial score (nSPS) is 24.2. The number of para-hydroxylation sites is 1. The van der Waals surface area contributed by atoms with E-state index in [9.17, 15) is 0 Å². The first-order valence-electron chi connectivity index (χ1n) is 9.34. The highest BCUT2D eigenvalue weighted by Crippen LogP contribution is 2.52. The van der Waals surface area contributed by atoms with Gasteiger partial charge in [-0.05, 0) is 38.3 Å². The Morgan fingerprint density at radius 3 is 2.69 bits per heavy atom. The molecule has 2 aliphatic rings. The monoisotopic (exact) mass is 353 g/mol. The zero-order chi connectivity index (χ0) is 18.3. The molecule has 1 saturated heterocycles. The summed E-state index contributed by atoms with van der Waals surface area (Å²) in [4.78, 5) is 0. The van der Waals surface area contributed by atoms with Crippen LogP contribution in [0.25, 0.3) is 0 Å². The van der Waals surface area contributed by atoms with E-state index in [2.05, 4.69) is 37.4 Å². The van der Waals surface area contributed by atoms with Crippen LogP contribution in [0.5, 0.6) is 11.5 Å². The Morgan fingerprint density at radius 2 is 1.92 bits per heavy atom. The van der Waals surface area contributed by atoms with Crippen LogP contribution in [-0.2, 0) is 4.74 Å². The molecule has 2 aliphatic heterocycles. The zero-order valence-electron chi connectivity index (χ0n) is 16.0. The van der Waals surface area contributed by atoms with Crippen molar-refractivity contribution >= 4 is 5.69 Å². The van der Waals surface area contributed by atoms with Gasteiger partial charge in [0.25, 0.3) is 0 Å². The summed E-state index contributed by atoms with van der Waals surface area (Å²) in [6, 6.07) is 10.8. The van der Waals surface area contributed by atoms with Crippen LogP contribution in [0, 0.1) is 19.8 Å². The lowest BCUT2D eigenvalue weighted by Crippen LogP contribution is -2.36. The lowest BCUT2D eigenvalue weighted by molar-refractivity contribution is -0.0384. The van der Waals surface area contributed by atoms with Gasteiger partial charge in [0, 0.05) is 29.3 Å². The molecular weight excluding hydrogens is 326 g/mol. The van der Waals surface area contributed by atoms with Crippen LogP contribution < -0.4 is 14.8 Å². The predicted octanol–water partition coefficient (Wildman–Crippen LogP) is 4.96. The third-order valence-electron chi connectivity index (χ3n) is 5.68. The fraction of sp³-hybridized carbons (Fsp3) is 0.455.